The number of rotatable bonds is 4. The summed E-state index contributed by atoms with van der Waals surface area (Å²) in [5.74, 6) is -0.300. The average molecular weight is 423 g/mol. The fourth-order valence-electron chi connectivity index (χ4n) is 2.82. The minimum Gasteiger partial charge on any atom is -0.444 e. The number of hydrogen-bond acceptors (Lipinski definition) is 6. The second kappa shape index (κ2) is 8.80. The van der Waals surface area contributed by atoms with Gasteiger partial charge in [0.25, 0.3) is 0 Å². The molecule has 1 aromatic carbocycles. The highest BCUT2D eigenvalue weighted by Gasteiger charge is 2.32. The van der Waals surface area contributed by atoms with Gasteiger partial charge >= 0.3 is 6.09 Å². The topological polar surface area (TPSA) is 120 Å². The summed E-state index contributed by atoms with van der Waals surface area (Å²) >= 11 is 0. The average Bonchev–Trinajstić information content (AvgIpc) is 2.66. The molecule has 0 aliphatic carbocycles. The lowest BCUT2D eigenvalue weighted by Crippen LogP contribution is -2.55. The van der Waals surface area contributed by atoms with Crippen LogP contribution in [0.1, 0.15) is 33.3 Å². The number of nitrogens with zero attached hydrogens (tertiary/aromatic N) is 3. The van der Waals surface area contributed by atoms with E-state index in [2.05, 4.69) is 5.32 Å². The highest BCUT2D eigenvalue weighted by molar-refractivity contribution is 7.89. The molecule has 2 amide bonds. The molecule has 1 N–H and O–H groups in total. The van der Waals surface area contributed by atoms with Gasteiger partial charge in [-0.25, -0.2) is 13.2 Å². The van der Waals surface area contributed by atoms with Gasteiger partial charge in [-0.2, -0.15) is 9.57 Å². The Morgan fingerprint density at radius 3 is 2.17 bits per heavy atom. The molecule has 1 heterocycles. The number of hydrogen-bond donors (Lipinski definition) is 1. The monoisotopic (exact) mass is 422 g/mol. The van der Waals surface area contributed by atoms with Crippen LogP contribution >= 0.6 is 0 Å². The zero-order valence-electron chi connectivity index (χ0n) is 17.0. The second-order valence-electron chi connectivity index (χ2n) is 7.73. The third kappa shape index (κ3) is 5.92. The minimum absolute atomic E-state index is 0.108. The van der Waals surface area contributed by atoms with Crippen LogP contribution in [-0.2, 0) is 19.6 Å². The Morgan fingerprint density at radius 1 is 1.14 bits per heavy atom. The maximum absolute atomic E-state index is 12.7. The second-order valence-corrected chi connectivity index (χ2v) is 9.67. The molecule has 1 aliphatic heterocycles. The molecule has 1 fully saturated rings. The molecule has 0 radical (unpaired) electrons. The van der Waals surface area contributed by atoms with E-state index < -0.39 is 27.8 Å². The predicted octanol–water partition coefficient (Wildman–Crippen LogP) is 1.30. The molecule has 1 unspecified atom stereocenters. The van der Waals surface area contributed by atoms with Crippen LogP contribution in [-0.4, -0.2) is 67.4 Å². The Hall–Kier alpha value is -2.64. The standard InChI is InChI=1S/C19H26N4O5S/c1-14(21-18(25)28-19(2,3)4)17(24)22-9-11-23(12-10-22)29(26,27)16-7-5-15(13-20)6-8-16/h5-8,14H,9-12H2,1-4H3,(H,21,25). The van der Waals surface area contributed by atoms with Crippen molar-refractivity contribution in [2.45, 2.75) is 44.2 Å². The summed E-state index contributed by atoms with van der Waals surface area (Å²) in [5, 5.41) is 11.3. The molecule has 0 spiro atoms. The zero-order valence-corrected chi connectivity index (χ0v) is 17.8. The zero-order chi connectivity index (χ0) is 21.8. The number of carbonyl (C=O) groups is 2. The number of amides is 2. The Kier molecular flexibility index (Phi) is 6.87. The van der Waals surface area contributed by atoms with E-state index in [4.69, 9.17) is 10.00 Å². The van der Waals surface area contributed by atoms with E-state index in [0.717, 1.165) is 0 Å². The maximum atomic E-state index is 12.7. The number of alkyl carbamates (subject to hydrolysis) is 1. The fourth-order valence-corrected chi connectivity index (χ4v) is 4.24. The van der Waals surface area contributed by atoms with Crippen LogP contribution in [0.15, 0.2) is 29.2 Å². The van der Waals surface area contributed by atoms with Gasteiger partial charge in [-0.3, -0.25) is 4.79 Å². The lowest BCUT2D eigenvalue weighted by Gasteiger charge is -2.35. The lowest BCUT2D eigenvalue weighted by molar-refractivity contribution is -0.134. The van der Waals surface area contributed by atoms with Crippen molar-refractivity contribution in [1.29, 1.82) is 5.26 Å². The molecule has 1 aromatic rings. The van der Waals surface area contributed by atoms with Crippen molar-refractivity contribution in [3.05, 3.63) is 29.8 Å². The van der Waals surface area contributed by atoms with E-state index in [1.54, 1.807) is 27.7 Å². The summed E-state index contributed by atoms with van der Waals surface area (Å²) in [7, 11) is -3.70. The van der Waals surface area contributed by atoms with Crippen molar-refractivity contribution in [3.63, 3.8) is 0 Å². The van der Waals surface area contributed by atoms with Crippen LogP contribution in [0.5, 0.6) is 0 Å². The van der Waals surface area contributed by atoms with E-state index in [-0.39, 0.29) is 37.0 Å². The van der Waals surface area contributed by atoms with Gasteiger partial charge in [0.1, 0.15) is 11.6 Å². The van der Waals surface area contributed by atoms with Crippen LogP contribution < -0.4 is 5.32 Å². The fraction of sp³-hybridized carbons (Fsp3) is 0.526. The number of sulfonamides is 1. The van der Waals surface area contributed by atoms with Crippen molar-refractivity contribution < 1.29 is 22.7 Å². The molecule has 1 saturated heterocycles. The Balaban J connectivity index is 1.94. The van der Waals surface area contributed by atoms with Crippen molar-refractivity contribution in [3.8, 4) is 6.07 Å². The van der Waals surface area contributed by atoms with Gasteiger partial charge in [-0.1, -0.05) is 0 Å². The highest BCUT2D eigenvalue weighted by atomic mass is 32.2. The quantitative estimate of drug-likeness (QED) is 0.781. The van der Waals surface area contributed by atoms with Gasteiger partial charge < -0.3 is 15.0 Å². The first-order valence-corrected chi connectivity index (χ1v) is 10.7. The van der Waals surface area contributed by atoms with Gasteiger partial charge in [0, 0.05) is 26.2 Å². The lowest BCUT2D eigenvalue weighted by atomic mass is 10.2. The summed E-state index contributed by atoms with van der Waals surface area (Å²) < 4.78 is 31.9. The van der Waals surface area contributed by atoms with Crippen LogP contribution in [0.3, 0.4) is 0 Å². The molecular weight excluding hydrogens is 396 g/mol. The molecule has 0 saturated carbocycles. The molecule has 0 aromatic heterocycles. The van der Waals surface area contributed by atoms with Gasteiger partial charge in [0.05, 0.1) is 16.5 Å². The third-order valence-corrected chi connectivity index (χ3v) is 6.19. The molecule has 0 bridgehead atoms. The van der Waals surface area contributed by atoms with Crippen molar-refractivity contribution in [2.24, 2.45) is 0 Å². The minimum atomic E-state index is -3.70. The van der Waals surface area contributed by atoms with E-state index in [9.17, 15) is 18.0 Å². The van der Waals surface area contributed by atoms with E-state index in [1.165, 1.54) is 33.5 Å². The summed E-state index contributed by atoms with van der Waals surface area (Å²) in [6, 6.07) is 6.87. The van der Waals surface area contributed by atoms with Crippen molar-refractivity contribution >= 4 is 22.0 Å². The van der Waals surface area contributed by atoms with E-state index in [1.807, 2.05) is 6.07 Å². The first-order valence-electron chi connectivity index (χ1n) is 9.22. The van der Waals surface area contributed by atoms with Crippen LogP contribution in [0.4, 0.5) is 4.79 Å². The summed E-state index contributed by atoms with van der Waals surface area (Å²) in [6.45, 7) is 7.47. The van der Waals surface area contributed by atoms with Gasteiger partial charge in [0.15, 0.2) is 0 Å². The molecule has 158 valence electrons. The third-order valence-electron chi connectivity index (χ3n) is 4.28. The highest BCUT2D eigenvalue weighted by Crippen LogP contribution is 2.18. The number of benzene rings is 1. The summed E-state index contributed by atoms with van der Waals surface area (Å²) in [6.07, 6.45) is -0.680. The van der Waals surface area contributed by atoms with E-state index >= 15 is 0 Å². The Labute approximate surface area is 171 Å². The molecule has 29 heavy (non-hydrogen) atoms. The first kappa shape index (κ1) is 22.6. The number of nitrogens with one attached hydrogen (secondary N) is 1. The van der Waals surface area contributed by atoms with Crippen LogP contribution in [0.25, 0.3) is 0 Å². The number of ether oxygens (including phenoxy) is 1. The molecule has 1 aliphatic rings. The van der Waals surface area contributed by atoms with E-state index in [0.29, 0.717) is 5.56 Å². The van der Waals surface area contributed by atoms with Crippen LogP contribution in [0, 0.1) is 11.3 Å². The molecule has 2 rings (SSSR count). The predicted molar refractivity (Wildman–Crippen MR) is 105 cm³/mol. The van der Waals surface area contributed by atoms with Gasteiger partial charge in [0.2, 0.25) is 15.9 Å². The maximum Gasteiger partial charge on any atom is 0.408 e. The first-order chi connectivity index (χ1) is 13.4. The SMILES string of the molecule is CC(NC(=O)OC(C)(C)C)C(=O)N1CCN(S(=O)(=O)c2ccc(C#N)cc2)CC1. The Bertz CT molecular complexity index is 892. The smallest absolute Gasteiger partial charge is 0.408 e. The molecular formula is C19H26N4O5S. The van der Waals surface area contributed by atoms with Gasteiger partial charge in [-0.15, -0.1) is 0 Å². The van der Waals surface area contributed by atoms with Crippen LogP contribution in [0.2, 0.25) is 0 Å². The number of nitriles is 1. The van der Waals surface area contributed by atoms with Crippen molar-refractivity contribution in [1.82, 2.24) is 14.5 Å². The molecule has 1 atom stereocenters. The Morgan fingerprint density at radius 2 is 1.69 bits per heavy atom. The molecule has 10 heteroatoms. The number of piperazine rings is 1. The summed E-state index contributed by atoms with van der Waals surface area (Å²) in [4.78, 5) is 26.0. The largest absolute Gasteiger partial charge is 0.444 e. The normalized spacial score (nSPS) is 16.6. The summed E-state index contributed by atoms with van der Waals surface area (Å²) in [5.41, 5.74) is -0.288. The van der Waals surface area contributed by atoms with Gasteiger partial charge in [-0.05, 0) is 52.0 Å². The number of carbonyl (C=O) groups excluding carboxylic acids is 2. The molecule has 9 nitrogen and oxygen atoms in total. The van der Waals surface area contributed by atoms with Crippen molar-refractivity contribution in [2.75, 3.05) is 26.2 Å².